The van der Waals surface area contributed by atoms with Gasteiger partial charge in [0.25, 0.3) is 0 Å². The Morgan fingerprint density at radius 1 is 1.60 bits per heavy atom. The lowest BCUT2D eigenvalue weighted by molar-refractivity contribution is 0.405. The highest BCUT2D eigenvalue weighted by Gasteiger charge is 2.09. The number of methoxy groups -OCH3 is 1. The molecule has 4 heteroatoms. The summed E-state index contributed by atoms with van der Waals surface area (Å²) in [5.41, 5.74) is 6.54. The lowest BCUT2D eigenvalue weighted by Gasteiger charge is -2.12. The van der Waals surface area contributed by atoms with Crippen LogP contribution in [0.3, 0.4) is 0 Å². The van der Waals surface area contributed by atoms with Gasteiger partial charge in [0.15, 0.2) is 0 Å². The molecular formula is C11H16ClNO2. The van der Waals surface area contributed by atoms with E-state index in [1.165, 1.54) is 0 Å². The second-order valence-corrected chi connectivity index (χ2v) is 3.06. The van der Waals surface area contributed by atoms with Crippen LogP contribution in [0.5, 0.6) is 11.5 Å². The van der Waals surface area contributed by atoms with Crippen LogP contribution in [0.4, 0.5) is 0 Å². The maximum absolute atomic E-state index is 9.63. The molecule has 15 heavy (non-hydrogen) atoms. The van der Waals surface area contributed by atoms with Gasteiger partial charge in [0, 0.05) is 17.7 Å². The Hall–Kier alpha value is -1.19. The van der Waals surface area contributed by atoms with Gasteiger partial charge in [-0.25, -0.2) is 0 Å². The van der Waals surface area contributed by atoms with Crippen LogP contribution < -0.4 is 10.5 Å². The first-order chi connectivity index (χ1) is 6.69. The summed E-state index contributed by atoms with van der Waals surface area (Å²) in [5.74, 6) is 0.788. The SMILES string of the molecule is C=CC[C@@H](N)c1ccc(OC)cc1O.Cl. The van der Waals surface area contributed by atoms with Gasteiger partial charge in [-0.1, -0.05) is 12.1 Å². The minimum Gasteiger partial charge on any atom is -0.507 e. The molecule has 0 saturated carbocycles. The maximum Gasteiger partial charge on any atom is 0.124 e. The molecule has 0 radical (unpaired) electrons. The predicted molar refractivity (Wildman–Crippen MR) is 63.6 cm³/mol. The molecule has 84 valence electrons. The van der Waals surface area contributed by atoms with Gasteiger partial charge >= 0.3 is 0 Å². The van der Waals surface area contributed by atoms with Crippen molar-refractivity contribution < 1.29 is 9.84 Å². The summed E-state index contributed by atoms with van der Waals surface area (Å²) in [6.45, 7) is 3.60. The van der Waals surface area contributed by atoms with Crippen molar-refractivity contribution in [1.82, 2.24) is 0 Å². The number of phenols is 1. The van der Waals surface area contributed by atoms with Gasteiger partial charge in [-0.3, -0.25) is 0 Å². The van der Waals surface area contributed by atoms with Crippen molar-refractivity contribution >= 4 is 12.4 Å². The molecular weight excluding hydrogens is 214 g/mol. The molecule has 0 aromatic heterocycles. The molecule has 0 fully saturated rings. The Kier molecular flexibility index (Phi) is 5.82. The zero-order valence-corrected chi connectivity index (χ0v) is 9.46. The third kappa shape index (κ3) is 3.46. The number of rotatable bonds is 4. The highest BCUT2D eigenvalue weighted by molar-refractivity contribution is 5.85. The van der Waals surface area contributed by atoms with Crippen LogP contribution in [-0.2, 0) is 0 Å². The highest BCUT2D eigenvalue weighted by atomic mass is 35.5. The maximum atomic E-state index is 9.63. The number of hydrogen-bond acceptors (Lipinski definition) is 3. The van der Waals surface area contributed by atoms with Crippen molar-refractivity contribution in [1.29, 1.82) is 0 Å². The molecule has 1 rings (SSSR count). The number of halogens is 1. The quantitative estimate of drug-likeness (QED) is 0.780. The normalized spacial score (nSPS) is 11.3. The van der Waals surface area contributed by atoms with Gasteiger partial charge in [-0.05, 0) is 12.5 Å². The fourth-order valence-electron chi connectivity index (χ4n) is 1.27. The summed E-state index contributed by atoms with van der Waals surface area (Å²) in [4.78, 5) is 0. The molecule has 1 aromatic carbocycles. The van der Waals surface area contributed by atoms with Crippen LogP contribution >= 0.6 is 12.4 Å². The largest absolute Gasteiger partial charge is 0.507 e. The summed E-state index contributed by atoms with van der Waals surface area (Å²) < 4.78 is 4.97. The number of aromatic hydroxyl groups is 1. The Morgan fingerprint density at radius 3 is 2.73 bits per heavy atom. The lowest BCUT2D eigenvalue weighted by Crippen LogP contribution is -2.09. The second kappa shape index (κ2) is 6.32. The fourth-order valence-corrected chi connectivity index (χ4v) is 1.27. The summed E-state index contributed by atoms with van der Waals surface area (Å²) >= 11 is 0. The average Bonchev–Trinajstić information content (AvgIpc) is 2.17. The van der Waals surface area contributed by atoms with Crippen LogP contribution in [0.25, 0.3) is 0 Å². The van der Waals surface area contributed by atoms with E-state index < -0.39 is 0 Å². The molecule has 3 N–H and O–H groups in total. The minimum atomic E-state index is -0.210. The van der Waals surface area contributed by atoms with Crippen molar-refractivity contribution in [3.63, 3.8) is 0 Å². The van der Waals surface area contributed by atoms with Crippen LogP contribution in [-0.4, -0.2) is 12.2 Å². The van der Waals surface area contributed by atoms with Gasteiger partial charge < -0.3 is 15.6 Å². The Labute approximate surface area is 96.0 Å². The molecule has 3 nitrogen and oxygen atoms in total. The van der Waals surface area contributed by atoms with Crippen molar-refractivity contribution in [2.24, 2.45) is 5.73 Å². The van der Waals surface area contributed by atoms with E-state index >= 15 is 0 Å². The van der Waals surface area contributed by atoms with Crippen molar-refractivity contribution in [2.45, 2.75) is 12.5 Å². The number of nitrogens with two attached hydrogens (primary N) is 1. The van der Waals surface area contributed by atoms with Gasteiger partial charge in [-0.15, -0.1) is 19.0 Å². The van der Waals surface area contributed by atoms with E-state index in [1.807, 2.05) is 0 Å². The Bertz CT molecular complexity index is 328. The highest BCUT2D eigenvalue weighted by Crippen LogP contribution is 2.28. The van der Waals surface area contributed by atoms with Crippen molar-refractivity contribution in [3.05, 3.63) is 36.4 Å². The van der Waals surface area contributed by atoms with Gasteiger partial charge in [0.1, 0.15) is 11.5 Å². The third-order valence-corrected chi connectivity index (χ3v) is 2.06. The Balaban J connectivity index is 0.00000196. The summed E-state index contributed by atoms with van der Waals surface area (Å²) in [6.07, 6.45) is 2.37. The third-order valence-electron chi connectivity index (χ3n) is 2.06. The standard InChI is InChI=1S/C11H15NO2.ClH/c1-3-4-10(12)9-6-5-8(14-2)7-11(9)13;/h3,5-7,10,13H,1,4,12H2,2H3;1H/t10-;/m1./s1. The number of hydrogen-bond donors (Lipinski definition) is 2. The molecule has 0 amide bonds. The van der Waals surface area contributed by atoms with Crippen molar-refractivity contribution in [2.75, 3.05) is 7.11 Å². The smallest absolute Gasteiger partial charge is 0.124 e. The molecule has 0 spiro atoms. The Morgan fingerprint density at radius 2 is 2.27 bits per heavy atom. The minimum absolute atomic E-state index is 0. The first-order valence-corrected chi connectivity index (χ1v) is 4.42. The monoisotopic (exact) mass is 229 g/mol. The average molecular weight is 230 g/mol. The first-order valence-electron chi connectivity index (χ1n) is 4.42. The van der Waals surface area contributed by atoms with E-state index in [-0.39, 0.29) is 24.2 Å². The second-order valence-electron chi connectivity index (χ2n) is 3.06. The van der Waals surface area contributed by atoms with Crippen LogP contribution in [0.15, 0.2) is 30.9 Å². The van der Waals surface area contributed by atoms with Gasteiger partial charge in [0.2, 0.25) is 0 Å². The number of ether oxygens (including phenoxy) is 1. The van der Waals surface area contributed by atoms with E-state index in [0.29, 0.717) is 17.7 Å². The lowest BCUT2D eigenvalue weighted by atomic mass is 10.0. The first kappa shape index (κ1) is 13.8. The van der Waals surface area contributed by atoms with Gasteiger partial charge in [0.05, 0.1) is 7.11 Å². The molecule has 0 aliphatic heterocycles. The molecule has 0 heterocycles. The fraction of sp³-hybridized carbons (Fsp3) is 0.273. The molecule has 0 saturated heterocycles. The van der Waals surface area contributed by atoms with Crippen LogP contribution in [0, 0.1) is 0 Å². The zero-order chi connectivity index (χ0) is 10.6. The number of phenolic OH excluding ortho intramolecular Hbond substituents is 1. The topological polar surface area (TPSA) is 55.5 Å². The van der Waals surface area contributed by atoms with E-state index in [1.54, 1.807) is 31.4 Å². The van der Waals surface area contributed by atoms with E-state index in [2.05, 4.69) is 6.58 Å². The number of benzene rings is 1. The van der Waals surface area contributed by atoms with E-state index in [9.17, 15) is 5.11 Å². The van der Waals surface area contributed by atoms with Crippen LogP contribution in [0.2, 0.25) is 0 Å². The summed E-state index contributed by atoms with van der Waals surface area (Å²) in [7, 11) is 1.55. The molecule has 0 unspecified atom stereocenters. The molecule has 0 aliphatic carbocycles. The van der Waals surface area contributed by atoms with Crippen LogP contribution in [0.1, 0.15) is 18.0 Å². The molecule has 0 aliphatic rings. The predicted octanol–water partition coefficient (Wildman–Crippen LogP) is 2.40. The van der Waals surface area contributed by atoms with Gasteiger partial charge in [-0.2, -0.15) is 0 Å². The molecule has 1 aromatic rings. The van der Waals surface area contributed by atoms with E-state index in [4.69, 9.17) is 10.5 Å². The zero-order valence-electron chi connectivity index (χ0n) is 8.64. The molecule has 0 bridgehead atoms. The summed E-state index contributed by atoms with van der Waals surface area (Å²) in [6, 6.07) is 4.89. The molecule has 1 atom stereocenters. The van der Waals surface area contributed by atoms with Crippen molar-refractivity contribution in [3.8, 4) is 11.5 Å². The van der Waals surface area contributed by atoms with E-state index in [0.717, 1.165) is 0 Å². The summed E-state index contributed by atoms with van der Waals surface area (Å²) in [5, 5.41) is 9.63.